The number of hydrogen-bond acceptors (Lipinski definition) is 4. The van der Waals surface area contributed by atoms with Gasteiger partial charge in [-0.25, -0.2) is 0 Å². The van der Waals surface area contributed by atoms with E-state index in [1.807, 2.05) is 6.07 Å². The molecule has 3 aromatic rings. The number of rotatable bonds is 6. The van der Waals surface area contributed by atoms with Gasteiger partial charge in [0.2, 0.25) is 0 Å². The number of hydrogen-bond donors (Lipinski definition) is 2. The topological polar surface area (TPSA) is 102 Å². The molecule has 0 aliphatic carbocycles. The van der Waals surface area contributed by atoms with E-state index in [0.29, 0.717) is 6.07 Å². The molecule has 2 atom stereocenters. The minimum Gasteiger partial charge on any atom is -0.616 e. The molecule has 2 unspecified atom stereocenters. The van der Waals surface area contributed by atoms with E-state index in [-0.39, 0.29) is 28.1 Å². The Balaban J connectivity index is 1.91. The van der Waals surface area contributed by atoms with Gasteiger partial charge in [0.15, 0.2) is 0 Å². The molecular weight excluding hydrogens is 409 g/mol. The normalized spacial score (nSPS) is 15.2. The van der Waals surface area contributed by atoms with Gasteiger partial charge in [0.1, 0.15) is 22.7 Å². The molecule has 154 valence electrons. The zero-order chi connectivity index (χ0) is 21.4. The highest BCUT2D eigenvalue weighted by atomic mass is 32.2. The molecule has 10 heteroatoms. The van der Waals surface area contributed by atoms with E-state index in [2.05, 4.69) is 4.98 Å². The number of alkyl halides is 3. The maximum Gasteiger partial charge on any atom is 0.423 e. The Bertz CT molecular complexity index is 1040. The van der Waals surface area contributed by atoms with Crippen LogP contribution in [0.2, 0.25) is 0 Å². The quantitative estimate of drug-likeness (QED) is 0.349. The Morgan fingerprint density at radius 2 is 1.83 bits per heavy atom. The van der Waals surface area contributed by atoms with Crippen LogP contribution in [0.1, 0.15) is 23.7 Å². The smallest absolute Gasteiger partial charge is 0.423 e. The van der Waals surface area contributed by atoms with Crippen LogP contribution >= 0.6 is 0 Å². The van der Waals surface area contributed by atoms with Crippen molar-refractivity contribution in [2.24, 2.45) is 0 Å². The highest BCUT2D eigenvalue weighted by molar-refractivity contribution is 7.90. The molecular formula is C19H17F3N2O4S. The monoisotopic (exact) mass is 426 g/mol. The average Bonchev–Trinajstić information content (AvgIpc) is 3.04. The Morgan fingerprint density at radius 1 is 1.17 bits per heavy atom. The third kappa shape index (κ3) is 4.72. The van der Waals surface area contributed by atoms with Gasteiger partial charge in [0, 0.05) is 22.5 Å². The molecule has 0 aliphatic rings. The molecule has 0 spiro atoms. The number of nitro benzene ring substituents is 1. The maximum absolute atomic E-state index is 13.1. The molecule has 29 heavy (non-hydrogen) atoms. The van der Waals surface area contributed by atoms with Gasteiger partial charge in [0.05, 0.1) is 10.6 Å². The zero-order valence-corrected chi connectivity index (χ0v) is 16.0. The minimum atomic E-state index is -4.90. The number of halogens is 3. The van der Waals surface area contributed by atoms with Gasteiger partial charge in [-0.2, -0.15) is 13.2 Å². The van der Waals surface area contributed by atoms with Crippen molar-refractivity contribution in [1.29, 1.82) is 0 Å². The van der Waals surface area contributed by atoms with Crippen LogP contribution in [0.15, 0.2) is 48.5 Å². The Kier molecular flexibility index (Phi) is 5.61. The van der Waals surface area contributed by atoms with Gasteiger partial charge >= 0.3 is 6.18 Å². The van der Waals surface area contributed by atoms with Gasteiger partial charge in [-0.15, -0.1) is 0 Å². The molecule has 2 aromatic carbocycles. The fourth-order valence-electron chi connectivity index (χ4n) is 3.04. The van der Waals surface area contributed by atoms with Crippen molar-refractivity contribution >= 4 is 27.8 Å². The summed E-state index contributed by atoms with van der Waals surface area (Å²) in [6.07, 6.45) is -4.90. The van der Waals surface area contributed by atoms with Crippen LogP contribution in [0.5, 0.6) is 0 Å². The fraction of sp³-hybridized carbons (Fsp3) is 0.263. The lowest BCUT2D eigenvalue weighted by molar-refractivity contribution is -0.387. The molecule has 0 saturated heterocycles. The first-order valence-corrected chi connectivity index (χ1v) is 9.96. The van der Waals surface area contributed by atoms with Crippen LogP contribution in [0.25, 0.3) is 10.9 Å². The number of nitro groups is 1. The van der Waals surface area contributed by atoms with E-state index in [1.165, 1.54) is 13.0 Å². The number of nitrogens with one attached hydrogen (secondary N) is 1. The average molecular weight is 426 g/mol. The van der Waals surface area contributed by atoms with Crippen LogP contribution < -0.4 is 0 Å². The van der Waals surface area contributed by atoms with Gasteiger partial charge in [-0.3, -0.25) is 10.1 Å². The summed E-state index contributed by atoms with van der Waals surface area (Å²) in [6, 6.07) is 11.8. The number of H-pyrrole nitrogens is 1. The predicted octanol–water partition coefficient (Wildman–Crippen LogP) is 4.25. The minimum absolute atomic E-state index is 0.00737. The van der Waals surface area contributed by atoms with E-state index in [1.54, 1.807) is 24.3 Å². The molecule has 0 saturated carbocycles. The molecule has 1 heterocycles. The summed E-state index contributed by atoms with van der Waals surface area (Å²) in [5.41, 5.74) is -3.14. The first kappa shape index (κ1) is 21.2. The summed E-state index contributed by atoms with van der Waals surface area (Å²) in [5, 5.41) is 22.0. The number of nitrogens with zero attached hydrogens (tertiary/aromatic N) is 1. The summed E-state index contributed by atoms with van der Waals surface area (Å²) in [5.74, 6) is 0.0455. The van der Waals surface area contributed by atoms with Crippen LogP contribution in [0.4, 0.5) is 18.9 Å². The van der Waals surface area contributed by atoms with Crippen molar-refractivity contribution in [3.05, 3.63) is 75.5 Å². The van der Waals surface area contributed by atoms with E-state index < -0.39 is 39.1 Å². The van der Waals surface area contributed by atoms with Crippen LogP contribution in [-0.4, -0.2) is 25.3 Å². The molecule has 3 rings (SSSR count). The van der Waals surface area contributed by atoms with Gasteiger partial charge in [-0.1, -0.05) is 30.3 Å². The Hall–Kier alpha value is -2.56. The summed E-state index contributed by atoms with van der Waals surface area (Å²) < 4.78 is 51.9. The van der Waals surface area contributed by atoms with Crippen LogP contribution in [0, 0.1) is 10.1 Å². The Morgan fingerprint density at radius 3 is 2.41 bits per heavy atom. The van der Waals surface area contributed by atoms with Crippen molar-refractivity contribution in [3.8, 4) is 0 Å². The highest BCUT2D eigenvalue weighted by Crippen LogP contribution is 2.39. The van der Waals surface area contributed by atoms with E-state index in [0.717, 1.165) is 11.6 Å². The van der Waals surface area contributed by atoms with Crippen molar-refractivity contribution in [1.82, 2.24) is 4.98 Å². The Labute approximate surface area is 166 Å². The molecule has 0 fully saturated rings. The number of benzene rings is 2. The SMILES string of the molecule is CC(O)(C[S+]([O-])Cc1ccccc1)c1cc2cc([N+](=O)[O-])c(C(F)(F)F)cc2[nH]1. The largest absolute Gasteiger partial charge is 0.616 e. The second-order valence-electron chi connectivity index (χ2n) is 6.88. The second kappa shape index (κ2) is 7.69. The van der Waals surface area contributed by atoms with Gasteiger partial charge in [0.25, 0.3) is 5.69 Å². The van der Waals surface area contributed by atoms with E-state index >= 15 is 0 Å². The second-order valence-corrected chi connectivity index (χ2v) is 8.34. The lowest BCUT2D eigenvalue weighted by Crippen LogP contribution is -2.32. The number of fused-ring (bicyclic) bond motifs is 1. The zero-order valence-electron chi connectivity index (χ0n) is 15.2. The van der Waals surface area contributed by atoms with Crippen LogP contribution in [-0.2, 0) is 28.7 Å². The summed E-state index contributed by atoms with van der Waals surface area (Å²) in [4.78, 5) is 12.6. The fourth-order valence-corrected chi connectivity index (χ4v) is 4.49. The third-order valence-electron chi connectivity index (χ3n) is 4.43. The summed E-state index contributed by atoms with van der Waals surface area (Å²) in [6.45, 7) is 1.39. The maximum atomic E-state index is 13.1. The van der Waals surface area contributed by atoms with Gasteiger partial charge in [-0.05, 0) is 30.2 Å². The lowest BCUT2D eigenvalue weighted by atomic mass is 10.1. The van der Waals surface area contributed by atoms with E-state index in [9.17, 15) is 32.9 Å². The van der Waals surface area contributed by atoms with Gasteiger partial charge < -0.3 is 14.6 Å². The van der Waals surface area contributed by atoms with Crippen molar-refractivity contribution in [2.45, 2.75) is 24.5 Å². The first-order chi connectivity index (χ1) is 13.5. The van der Waals surface area contributed by atoms with Crippen molar-refractivity contribution in [2.75, 3.05) is 5.75 Å². The molecule has 0 bridgehead atoms. The van der Waals surface area contributed by atoms with Crippen molar-refractivity contribution in [3.63, 3.8) is 0 Å². The highest BCUT2D eigenvalue weighted by Gasteiger charge is 2.39. The molecule has 0 radical (unpaired) electrons. The molecule has 6 nitrogen and oxygen atoms in total. The molecule has 1 aromatic heterocycles. The standard InChI is InChI=1S/C19H17F3N2O4S/c1-18(25,11-29(28)10-12-5-3-2-4-6-12)17-8-13-7-16(24(26)27)14(19(20,21)22)9-15(13)23-17/h2-9,23,25H,10-11H2,1H3. The van der Waals surface area contributed by atoms with Crippen LogP contribution in [0.3, 0.4) is 0 Å². The lowest BCUT2D eigenvalue weighted by Gasteiger charge is -2.23. The summed E-state index contributed by atoms with van der Waals surface area (Å²) >= 11 is -1.45. The third-order valence-corrected chi connectivity index (χ3v) is 5.97. The van der Waals surface area contributed by atoms with E-state index in [4.69, 9.17) is 0 Å². The number of aromatic amines is 1. The molecule has 2 N–H and O–H groups in total. The molecule has 0 aliphatic heterocycles. The number of aromatic nitrogens is 1. The number of aliphatic hydroxyl groups is 1. The molecule has 0 amide bonds. The summed E-state index contributed by atoms with van der Waals surface area (Å²) in [7, 11) is 0. The predicted molar refractivity (Wildman–Crippen MR) is 103 cm³/mol. The van der Waals surface area contributed by atoms with Crippen molar-refractivity contribution < 1.29 is 27.8 Å². The first-order valence-electron chi connectivity index (χ1n) is 8.47.